The van der Waals surface area contributed by atoms with Crippen molar-refractivity contribution in [3.8, 4) is 5.75 Å². The van der Waals surface area contributed by atoms with Crippen molar-refractivity contribution in [1.29, 1.82) is 0 Å². The van der Waals surface area contributed by atoms with E-state index in [-0.39, 0.29) is 5.78 Å². The molecule has 1 aliphatic rings. The summed E-state index contributed by atoms with van der Waals surface area (Å²) in [7, 11) is 2.17. The lowest BCUT2D eigenvalue weighted by atomic mass is 9.98. The second-order valence-electron chi connectivity index (χ2n) is 6.27. The van der Waals surface area contributed by atoms with Gasteiger partial charge in [0, 0.05) is 17.3 Å². The van der Waals surface area contributed by atoms with E-state index in [2.05, 4.69) is 16.9 Å². The van der Waals surface area contributed by atoms with Crippen molar-refractivity contribution in [2.45, 2.75) is 26.2 Å². The molecule has 2 heterocycles. The summed E-state index contributed by atoms with van der Waals surface area (Å²) >= 11 is 0. The fourth-order valence-electron chi connectivity index (χ4n) is 2.98. The number of rotatable bonds is 5. The van der Waals surface area contributed by atoms with Crippen LogP contribution in [0.1, 0.15) is 36.7 Å². The van der Waals surface area contributed by atoms with Gasteiger partial charge in [-0.3, -0.25) is 4.79 Å². The minimum absolute atomic E-state index is 0.144. The molecule has 0 bridgehead atoms. The van der Waals surface area contributed by atoms with Gasteiger partial charge in [-0.25, -0.2) is 0 Å². The molecule has 1 fully saturated rings. The number of ether oxygens (including phenoxy) is 1. The first kappa shape index (κ1) is 15.1. The number of H-pyrrole nitrogens is 1. The number of aromatic nitrogens is 1. The Morgan fingerprint density at radius 1 is 1.32 bits per heavy atom. The Labute approximate surface area is 131 Å². The van der Waals surface area contributed by atoms with E-state index in [1.807, 2.05) is 31.2 Å². The van der Waals surface area contributed by atoms with Crippen LogP contribution >= 0.6 is 0 Å². The number of ketones is 1. The van der Waals surface area contributed by atoms with Gasteiger partial charge in [0.25, 0.3) is 0 Å². The van der Waals surface area contributed by atoms with Crippen molar-refractivity contribution in [2.75, 3.05) is 26.7 Å². The van der Waals surface area contributed by atoms with Crippen LogP contribution in [-0.2, 0) is 0 Å². The average molecular weight is 300 g/mol. The third kappa shape index (κ3) is 3.33. The van der Waals surface area contributed by atoms with Crippen molar-refractivity contribution in [3.05, 3.63) is 30.0 Å². The van der Waals surface area contributed by atoms with Crippen LogP contribution in [0.5, 0.6) is 5.75 Å². The molecule has 4 nitrogen and oxygen atoms in total. The molecular weight excluding hydrogens is 276 g/mol. The summed E-state index contributed by atoms with van der Waals surface area (Å²) < 4.78 is 5.97. The summed E-state index contributed by atoms with van der Waals surface area (Å²) in [5.41, 5.74) is 1.67. The quantitative estimate of drug-likeness (QED) is 0.860. The number of benzene rings is 1. The van der Waals surface area contributed by atoms with Crippen molar-refractivity contribution >= 4 is 16.7 Å². The van der Waals surface area contributed by atoms with E-state index < -0.39 is 0 Å². The Balaban J connectivity index is 1.65. The van der Waals surface area contributed by atoms with E-state index in [0.29, 0.717) is 18.0 Å². The molecule has 0 atom stereocenters. The number of nitrogens with zero attached hydrogens (tertiary/aromatic N) is 1. The fraction of sp³-hybridized carbons (Fsp3) is 0.500. The number of hydrogen-bond acceptors (Lipinski definition) is 3. The van der Waals surface area contributed by atoms with Crippen LogP contribution < -0.4 is 4.74 Å². The minimum Gasteiger partial charge on any atom is -0.493 e. The van der Waals surface area contributed by atoms with Crippen LogP contribution in [0.15, 0.2) is 24.3 Å². The van der Waals surface area contributed by atoms with Crippen molar-refractivity contribution in [2.24, 2.45) is 5.92 Å². The Morgan fingerprint density at radius 3 is 2.82 bits per heavy atom. The first-order valence-corrected chi connectivity index (χ1v) is 8.13. The molecule has 1 aromatic carbocycles. The molecule has 3 rings (SSSR count). The molecule has 0 spiro atoms. The van der Waals surface area contributed by atoms with E-state index in [0.717, 1.165) is 36.3 Å². The standard InChI is InChI=1S/C18H24N2O2/c1-3-18(21)17-11-14-10-15(4-5-16(14)19-17)22-12-13-6-8-20(2)9-7-13/h4-5,10-11,13,19H,3,6-9,12H2,1-2H3. The van der Waals surface area contributed by atoms with Gasteiger partial charge in [0.05, 0.1) is 12.3 Å². The molecule has 22 heavy (non-hydrogen) atoms. The smallest absolute Gasteiger partial charge is 0.178 e. The SMILES string of the molecule is CCC(=O)c1cc2cc(OCC3CCN(C)CC3)ccc2[nH]1. The Morgan fingerprint density at radius 2 is 2.09 bits per heavy atom. The highest BCUT2D eigenvalue weighted by Gasteiger charge is 2.17. The molecule has 1 aliphatic heterocycles. The number of carbonyl (C=O) groups is 1. The molecule has 4 heteroatoms. The summed E-state index contributed by atoms with van der Waals surface area (Å²) in [6, 6.07) is 7.91. The maximum Gasteiger partial charge on any atom is 0.178 e. The van der Waals surface area contributed by atoms with Crippen LogP contribution in [0.4, 0.5) is 0 Å². The predicted octanol–water partition coefficient (Wildman–Crippen LogP) is 3.48. The van der Waals surface area contributed by atoms with Crippen molar-refractivity contribution in [3.63, 3.8) is 0 Å². The molecule has 1 N–H and O–H groups in total. The summed E-state index contributed by atoms with van der Waals surface area (Å²) in [4.78, 5) is 17.3. The van der Waals surface area contributed by atoms with E-state index in [1.165, 1.54) is 12.8 Å². The van der Waals surface area contributed by atoms with Gasteiger partial charge in [-0.05, 0) is 63.2 Å². The molecule has 1 saturated heterocycles. The Kier molecular flexibility index (Phi) is 4.48. The van der Waals surface area contributed by atoms with Gasteiger partial charge >= 0.3 is 0 Å². The second-order valence-corrected chi connectivity index (χ2v) is 6.27. The van der Waals surface area contributed by atoms with E-state index in [9.17, 15) is 4.79 Å². The summed E-state index contributed by atoms with van der Waals surface area (Å²) in [5.74, 6) is 1.68. The second kappa shape index (κ2) is 6.53. The monoisotopic (exact) mass is 300 g/mol. The van der Waals surface area contributed by atoms with Gasteiger partial charge in [-0.15, -0.1) is 0 Å². The third-order valence-corrected chi connectivity index (χ3v) is 4.54. The number of likely N-dealkylation sites (tertiary alicyclic amines) is 1. The number of nitrogens with one attached hydrogen (secondary N) is 1. The molecule has 0 radical (unpaired) electrons. The van der Waals surface area contributed by atoms with E-state index in [1.54, 1.807) is 0 Å². The Bertz CT molecular complexity index is 654. The zero-order valence-electron chi connectivity index (χ0n) is 13.4. The van der Waals surface area contributed by atoms with Gasteiger partial charge in [0.2, 0.25) is 0 Å². The predicted molar refractivity (Wildman–Crippen MR) is 88.6 cm³/mol. The van der Waals surface area contributed by atoms with Crippen LogP contribution in [0.3, 0.4) is 0 Å². The molecule has 0 saturated carbocycles. The molecule has 2 aromatic rings. The molecule has 0 aliphatic carbocycles. The topological polar surface area (TPSA) is 45.3 Å². The molecular formula is C18H24N2O2. The summed E-state index contributed by atoms with van der Waals surface area (Å²) in [6.07, 6.45) is 2.93. The van der Waals surface area contributed by atoms with Crippen LogP contribution in [0, 0.1) is 5.92 Å². The van der Waals surface area contributed by atoms with Crippen molar-refractivity contribution < 1.29 is 9.53 Å². The van der Waals surface area contributed by atoms with Crippen LogP contribution in [0.2, 0.25) is 0 Å². The third-order valence-electron chi connectivity index (χ3n) is 4.54. The molecule has 0 unspecified atom stereocenters. The lowest BCUT2D eigenvalue weighted by molar-refractivity contribution is 0.0984. The van der Waals surface area contributed by atoms with E-state index >= 15 is 0 Å². The van der Waals surface area contributed by atoms with Crippen LogP contribution in [0.25, 0.3) is 10.9 Å². The largest absolute Gasteiger partial charge is 0.493 e. The number of piperidine rings is 1. The normalized spacial score (nSPS) is 17.0. The summed E-state index contributed by atoms with van der Waals surface area (Å²) in [5, 5.41) is 1.04. The lowest BCUT2D eigenvalue weighted by Crippen LogP contribution is -2.32. The highest BCUT2D eigenvalue weighted by molar-refractivity contribution is 5.99. The number of aromatic amines is 1. The van der Waals surface area contributed by atoms with Gasteiger partial charge in [0.15, 0.2) is 5.78 Å². The van der Waals surface area contributed by atoms with Crippen molar-refractivity contribution in [1.82, 2.24) is 9.88 Å². The van der Waals surface area contributed by atoms with Gasteiger partial charge in [-0.2, -0.15) is 0 Å². The minimum atomic E-state index is 0.144. The highest BCUT2D eigenvalue weighted by atomic mass is 16.5. The maximum atomic E-state index is 11.8. The first-order valence-electron chi connectivity index (χ1n) is 8.13. The number of fused-ring (bicyclic) bond motifs is 1. The number of carbonyl (C=O) groups excluding carboxylic acids is 1. The first-order chi connectivity index (χ1) is 10.7. The van der Waals surface area contributed by atoms with Gasteiger partial charge < -0.3 is 14.6 Å². The maximum absolute atomic E-state index is 11.8. The molecule has 1 aromatic heterocycles. The zero-order chi connectivity index (χ0) is 15.5. The van der Waals surface area contributed by atoms with Gasteiger partial charge in [0.1, 0.15) is 5.75 Å². The lowest BCUT2D eigenvalue weighted by Gasteiger charge is -2.28. The summed E-state index contributed by atoms with van der Waals surface area (Å²) in [6.45, 7) is 4.98. The molecule has 118 valence electrons. The number of hydrogen-bond donors (Lipinski definition) is 1. The Hall–Kier alpha value is -1.81. The molecule has 0 amide bonds. The van der Waals surface area contributed by atoms with Gasteiger partial charge in [-0.1, -0.05) is 6.92 Å². The fourth-order valence-corrected chi connectivity index (χ4v) is 2.98. The van der Waals surface area contributed by atoms with E-state index in [4.69, 9.17) is 4.74 Å². The zero-order valence-corrected chi connectivity index (χ0v) is 13.4. The highest BCUT2D eigenvalue weighted by Crippen LogP contribution is 2.24. The number of Topliss-reactive ketones (excluding diaryl/α,β-unsaturated/α-hetero) is 1. The average Bonchev–Trinajstić information content (AvgIpc) is 2.96. The van der Waals surface area contributed by atoms with Crippen LogP contribution in [-0.4, -0.2) is 42.4 Å².